The molecule has 1 aliphatic heterocycles. The summed E-state index contributed by atoms with van der Waals surface area (Å²) in [6, 6.07) is 2.37. The number of aliphatic hydroxyl groups excluding tert-OH is 1. The maximum Gasteiger partial charge on any atom is 0.225 e. The number of benzene rings is 1. The molecule has 3 N–H and O–H groups in total. The Balaban J connectivity index is 0.000000861. The summed E-state index contributed by atoms with van der Waals surface area (Å²) in [4.78, 5) is 12.6. The third-order valence-electron chi connectivity index (χ3n) is 2.98. The molecule has 1 atom stereocenters. The number of likely N-dealkylation sites (tertiary alicyclic amines) is 1. The maximum absolute atomic E-state index is 13.7. The first-order chi connectivity index (χ1) is 9.04. The van der Waals surface area contributed by atoms with Gasteiger partial charge in [0.05, 0.1) is 0 Å². The van der Waals surface area contributed by atoms with Gasteiger partial charge in [-0.3, -0.25) is 4.79 Å². The zero-order valence-corrected chi connectivity index (χ0v) is 11.0. The number of nitrogen functional groups attached to an aromatic ring is 1. The lowest BCUT2D eigenvalue weighted by Crippen LogP contribution is -2.25. The van der Waals surface area contributed by atoms with Crippen molar-refractivity contribution in [3.8, 4) is 0 Å². The molecule has 1 fully saturated rings. The Hall–Kier alpha value is -1.69. The first kappa shape index (κ1) is 15.4. The van der Waals surface area contributed by atoms with Crippen LogP contribution in [0.5, 0.6) is 0 Å². The van der Waals surface area contributed by atoms with Gasteiger partial charge in [-0.1, -0.05) is 19.9 Å². The maximum atomic E-state index is 13.7. The van der Waals surface area contributed by atoms with Crippen LogP contribution in [0.1, 0.15) is 31.7 Å². The summed E-state index contributed by atoms with van der Waals surface area (Å²) in [5.41, 5.74) is 4.94. The zero-order valence-electron chi connectivity index (χ0n) is 11.0. The molecule has 1 saturated heterocycles. The second-order valence-corrected chi connectivity index (χ2v) is 4.02. The Morgan fingerprint density at radius 2 is 2.05 bits per heavy atom. The van der Waals surface area contributed by atoms with E-state index in [9.17, 15) is 13.6 Å². The summed E-state index contributed by atoms with van der Waals surface area (Å²) in [5.74, 6) is -2.27. The molecule has 0 spiro atoms. The number of halogens is 2. The van der Waals surface area contributed by atoms with Crippen molar-refractivity contribution in [2.24, 2.45) is 0 Å². The van der Waals surface area contributed by atoms with Crippen molar-refractivity contribution in [1.29, 1.82) is 0 Å². The van der Waals surface area contributed by atoms with E-state index < -0.39 is 30.0 Å². The van der Waals surface area contributed by atoms with Crippen LogP contribution in [-0.4, -0.2) is 29.2 Å². The Morgan fingerprint density at radius 1 is 1.42 bits per heavy atom. The predicted octanol–water partition coefficient (Wildman–Crippen LogP) is 1.84. The van der Waals surface area contributed by atoms with E-state index >= 15 is 0 Å². The van der Waals surface area contributed by atoms with E-state index in [4.69, 9.17) is 10.8 Å². The average Bonchev–Trinajstić information content (AvgIpc) is 2.79. The molecule has 1 heterocycles. The van der Waals surface area contributed by atoms with Crippen LogP contribution in [0.15, 0.2) is 12.1 Å². The van der Waals surface area contributed by atoms with Crippen molar-refractivity contribution in [3.05, 3.63) is 29.3 Å². The number of hydrogen-bond acceptors (Lipinski definition) is 3. The highest BCUT2D eigenvalue weighted by atomic mass is 19.1. The summed E-state index contributed by atoms with van der Waals surface area (Å²) < 4.78 is 26.7. The molecule has 1 unspecified atom stereocenters. The Bertz CT molecular complexity index is 466. The number of anilines is 1. The molecule has 1 aromatic rings. The highest BCUT2D eigenvalue weighted by molar-refractivity contribution is 5.79. The molecule has 1 amide bonds. The summed E-state index contributed by atoms with van der Waals surface area (Å²) >= 11 is 0. The lowest BCUT2D eigenvalue weighted by atomic mass is 9.97. The standard InChI is InChI=1S/C11H12F2N2O2.C2H6/c12-8-2-1-7(10(13)11(8)14)6-3-9(17)15(4-6)5-16;1-2/h1-2,6,16H,3-5,14H2;1-2H3. The number of amides is 1. The van der Waals surface area contributed by atoms with Crippen LogP contribution >= 0.6 is 0 Å². The van der Waals surface area contributed by atoms with Crippen LogP contribution in [0.25, 0.3) is 0 Å². The van der Waals surface area contributed by atoms with E-state index in [1.807, 2.05) is 13.8 Å². The van der Waals surface area contributed by atoms with Gasteiger partial charge in [-0.2, -0.15) is 0 Å². The molecule has 2 rings (SSSR count). The minimum atomic E-state index is -0.817. The molecule has 0 aliphatic carbocycles. The number of hydrogen-bond donors (Lipinski definition) is 2. The van der Waals surface area contributed by atoms with Crippen LogP contribution in [0, 0.1) is 11.6 Å². The van der Waals surface area contributed by atoms with Crippen LogP contribution < -0.4 is 5.73 Å². The molecule has 4 nitrogen and oxygen atoms in total. The van der Waals surface area contributed by atoms with E-state index in [2.05, 4.69) is 0 Å². The molecular weight excluding hydrogens is 254 g/mol. The fourth-order valence-corrected chi connectivity index (χ4v) is 2.02. The molecule has 106 valence electrons. The molecule has 0 radical (unpaired) electrons. The minimum absolute atomic E-state index is 0.0998. The third kappa shape index (κ3) is 3.01. The van der Waals surface area contributed by atoms with Gasteiger partial charge in [0.1, 0.15) is 18.2 Å². The van der Waals surface area contributed by atoms with E-state index in [1.165, 1.54) is 11.0 Å². The minimum Gasteiger partial charge on any atom is -0.394 e. The Labute approximate surface area is 110 Å². The van der Waals surface area contributed by atoms with Crippen molar-refractivity contribution >= 4 is 11.6 Å². The molecule has 1 aromatic carbocycles. The smallest absolute Gasteiger partial charge is 0.225 e. The number of nitrogens with zero attached hydrogens (tertiary/aromatic N) is 1. The number of rotatable bonds is 2. The van der Waals surface area contributed by atoms with E-state index in [-0.39, 0.29) is 24.4 Å². The van der Waals surface area contributed by atoms with Crippen molar-refractivity contribution in [2.75, 3.05) is 19.0 Å². The average molecular weight is 272 g/mol. The molecular formula is C13H18F2N2O2. The zero-order chi connectivity index (χ0) is 14.6. The van der Waals surface area contributed by atoms with Crippen LogP contribution in [0.3, 0.4) is 0 Å². The topological polar surface area (TPSA) is 66.6 Å². The number of aliphatic hydroxyl groups is 1. The summed E-state index contributed by atoms with van der Waals surface area (Å²) in [5, 5.41) is 8.90. The van der Waals surface area contributed by atoms with Gasteiger partial charge in [0.2, 0.25) is 5.91 Å². The summed E-state index contributed by atoms with van der Waals surface area (Å²) in [6.07, 6.45) is 0.0998. The quantitative estimate of drug-likeness (QED) is 0.807. The highest BCUT2D eigenvalue weighted by Gasteiger charge is 2.32. The van der Waals surface area contributed by atoms with Crippen molar-refractivity contribution in [2.45, 2.75) is 26.2 Å². The third-order valence-corrected chi connectivity index (χ3v) is 2.98. The van der Waals surface area contributed by atoms with E-state index in [0.29, 0.717) is 0 Å². The lowest BCUT2D eigenvalue weighted by molar-refractivity contribution is -0.130. The fourth-order valence-electron chi connectivity index (χ4n) is 2.02. The molecule has 19 heavy (non-hydrogen) atoms. The van der Waals surface area contributed by atoms with Gasteiger partial charge in [-0.05, 0) is 11.6 Å². The van der Waals surface area contributed by atoms with Gasteiger partial charge < -0.3 is 15.7 Å². The largest absolute Gasteiger partial charge is 0.394 e. The summed E-state index contributed by atoms with van der Waals surface area (Å²) in [6.45, 7) is 3.82. The molecule has 0 bridgehead atoms. The van der Waals surface area contributed by atoms with Crippen molar-refractivity contribution < 1.29 is 18.7 Å². The van der Waals surface area contributed by atoms with Gasteiger partial charge in [0.25, 0.3) is 0 Å². The van der Waals surface area contributed by atoms with Gasteiger partial charge in [0, 0.05) is 18.9 Å². The number of carbonyl (C=O) groups excluding carboxylic acids is 1. The van der Waals surface area contributed by atoms with Gasteiger partial charge in [-0.25, -0.2) is 8.78 Å². The number of carbonyl (C=O) groups is 1. The van der Waals surface area contributed by atoms with Crippen LogP contribution in [0.4, 0.5) is 14.5 Å². The van der Waals surface area contributed by atoms with E-state index in [1.54, 1.807) is 0 Å². The molecule has 0 aromatic heterocycles. The monoisotopic (exact) mass is 272 g/mol. The highest BCUT2D eigenvalue weighted by Crippen LogP contribution is 2.32. The first-order valence-electron chi connectivity index (χ1n) is 6.16. The molecule has 6 heteroatoms. The van der Waals surface area contributed by atoms with Crippen molar-refractivity contribution in [3.63, 3.8) is 0 Å². The Kier molecular flexibility index (Phi) is 5.23. The van der Waals surface area contributed by atoms with Crippen LogP contribution in [0.2, 0.25) is 0 Å². The molecule has 1 aliphatic rings. The van der Waals surface area contributed by atoms with Crippen LogP contribution in [-0.2, 0) is 4.79 Å². The fraction of sp³-hybridized carbons (Fsp3) is 0.462. The van der Waals surface area contributed by atoms with Gasteiger partial charge in [0.15, 0.2) is 5.82 Å². The Morgan fingerprint density at radius 3 is 2.58 bits per heavy atom. The summed E-state index contributed by atoms with van der Waals surface area (Å²) in [7, 11) is 0. The first-order valence-corrected chi connectivity index (χ1v) is 6.16. The second-order valence-electron chi connectivity index (χ2n) is 4.02. The van der Waals surface area contributed by atoms with Crippen molar-refractivity contribution in [1.82, 2.24) is 4.90 Å². The molecule has 0 saturated carbocycles. The van der Waals surface area contributed by atoms with Gasteiger partial charge in [-0.15, -0.1) is 0 Å². The van der Waals surface area contributed by atoms with E-state index in [0.717, 1.165) is 6.07 Å². The SMILES string of the molecule is CC.Nc1c(F)ccc(C2CC(=O)N(CO)C2)c1F. The second kappa shape index (κ2) is 6.47. The predicted molar refractivity (Wildman–Crippen MR) is 68.3 cm³/mol. The number of nitrogens with two attached hydrogens (primary N) is 1. The normalized spacial score (nSPS) is 18.3. The lowest BCUT2D eigenvalue weighted by Gasteiger charge is -2.14. The van der Waals surface area contributed by atoms with Gasteiger partial charge >= 0.3 is 0 Å².